The first-order chi connectivity index (χ1) is 19.4. The van der Waals surface area contributed by atoms with Crippen molar-refractivity contribution in [2.75, 3.05) is 13.2 Å². The van der Waals surface area contributed by atoms with Crippen molar-refractivity contribution in [3.05, 3.63) is 36.0 Å². The van der Waals surface area contributed by atoms with E-state index in [-0.39, 0.29) is 48.5 Å². The Labute approximate surface area is 243 Å². The van der Waals surface area contributed by atoms with Crippen molar-refractivity contribution < 1.29 is 38.4 Å². The van der Waals surface area contributed by atoms with Crippen molar-refractivity contribution in [1.82, 2.24) is 10.6 Å². The summed E-state index contributed by atoms with van der Waals surface area (Å²) in [6.45, 7) is 12.2. The molecule has 0 saturated carbocycles. The number of aliphatic hydroxyl groups is 1. The molecule has 1 spiro atoms. The first-order valence-corrected chi connectivity index (χ1v) is 14.8. The second kappa shape index (κ2) is 15.1. The number of hydrogen-bond donors (Lipinski definition) is 3. The molecule has 0 radical (unpaired) electrons. The van der Waals surface area contributed by atoms with E-state index >= 15 is 0 Å². The maximum atomic E-state index is 12.4. The Morgan fingerprint density at radius 2 is 1.90 bits per heavy atom. The molecule has 2 amide bonds. The van der Waals surface area contributed by atoms with E-state index in [1.807, 2.05) is 32.9 Å². The summed E-state index contributed by atoms with van der Waals surface area (Å²) in [5.41, 5.74) is 0.394. The zero-order valence-corrected chi connectivity index (χ0v) is 25.3. The molecule has 3 aliphatic rings. The van der Waals surface area contributed by atoms with Crippen LogP contribution in [0.1, 0.15) is 73.6 Å². The molecule has 0 aromatic heterocycles. The van der Waals surface area contributed by atoms with Crippen LogP contribution in [0, 0.1) is 5.92 Å². The molecule has 3 fully saturated rings. The third kappa shape index (κ3) is 10.1. The van der Waals surface area contributed by atoms with E-state index in [1.54, 1.807) is 13.0 Å². The summed E-state index contributed by atoms with van der Waals surface area (Å²) in [7, 11) is 0. The van der Waals surface area contributed by atoms with Gasteiger partial charge in [0.05, 0.1) is 37.4 Å². The van der Waals surface area contributed by atoms with Crippen LogP contribution < -0.4 is 10.6 Å². The van der Waals surface area contributed by atoms with Crippen LogP contribution in [0.4, 0.5) is 0 Å². The molecule has 9 atom stereocenters. The maximum Gasteiger partial charge on any atom is 0.303 e. The van der Waals surface area contributed by atoms with Crippen LogP contribution in [-0.4, -0.2) is 84.3 Å². The summed E-state index contributed by atoms with van der Waals surface area (Å²) in [6, 6.07) is -0.119. The lowest BCUT2D eigenvalue weighted by molar-refractivity contribution is -0.145. The second-order valence-corrected chi connectivity index (χ2v) is 11.7. The molecule has 1 unspecified atom stereocenters. The molecule has 3 heterocycles. The standard InChI is InChI=1S/C31H48N2O8/c1-7-14-32-29(36)16-24-17-31(18-38-31)30(37)27(41-24)12-9-19(2)8-11-26-20(3)15-25(22(5)40-26)33-28(35)13-10-21(4)39-23(6)34/h8-10,12-13,20-22,24-27,30,37H,7,11,14-18H2,1-6H3,(H,32,36)(H,33,35)/b12-9+,13-10?,19-8+/t20-,21?,22+,24+,25+,26-,27+,30+,31+/m0/s1. The second-order valence-electron chi connectivity index (χ2n) is 11.7. The van der Waals surface area contributed by atoms with Crippen molar-refractivity contribution >= 4 is 17.8 Å². The summed E-state index contributed by atoms with van der Waals surface area (Å²) in [6.07, 6.45) is 9.69. The average Bonchev–Trinajstić information content (AvgIpc) is 3.68. The molecule has 10 nitrogen and oxygen atoms in total. The smallest absolute Gasteiger partial charge is 0.303 e. The molecule has 3 N–H and O–H groups in total. The van der Waals surface area contributed by atoms with Gasteiger partial charge in [0.25, 0.3) is 0 Å². The molecule has 0 bridgehead atoms. The fourth-order valence-electron chi connectivity index (χ4n) is 5.43. The Kier molecular flexibility index (Phi) is 12.1. The van der Waals surface area contributed by atoms with Crippen molar-refractivity contribution in [1.29, 1.82) is 0 Å². The van der Waals surface area contributed by atoms with E-state index < -0.39 is 29.9 Å². The van der Waals surface area contributed by atoms with Gasteiger partial charge in [-0.25, -0.2) is 0 Å². The van der Waals surface area contributed by atoms with Gasteiger partial charge in [0.2, 0.25) is 11.8 Å². The van der Waals surface area contributed by atoms with Crippen LogP contribution in [0.5, 0.6) is 0 Å². The third-order valence-corrected chi connectivity index (χ3v) is 7.91. The number of rotatable bonds is 12. The molecular formula is C31H48N2O8. The van der Waals surface area contributed by atoms with Gasteiger partial charge < -0.3 is 34.7 Å². The maximum absolute atomic E-state index is 12.4. The summed E-state index contributed by atoms with van der Waals surface area (Å²) in [5, 5.41) is 16.7. The van der Waals surface area contributed by atoms with Crippen molar-refractivity contribution in [2.45, 2.75) is 122 Å². The summed E-state index contributed by atoms with van der Waals surface area (Å²) in [5.74, 6) is -0.463. The van der Waals surface area contributed by atoms with Crippen molar-refractivity contribution in [2.24, 2.45) is 5.92 Å². The molecule has 3 rings (SSSR count). The minimum absolute atomic E-state index is 0.00620. The van der Waals surface area contributed by atoms with Gasteiger partial charge in [-0.05, 0) is 52.0 Å². The Bertz CT molecular complexity index is 1000. The van der Waals surface area contributed by atoms with E-state index in [4.69, 9.17) is 18.9 Å². The van der Waals surface area contributed by atoms with Crippen LogP contribution in [0.15, 0.2) is 36.0 Å². The van der Waals surface area contributed by atoms with Gasteiger partial charge in [-0.1, -0.05) is 37.6 Å². The molecule has 0 aromatic carbocycles. The molecule has 3 aliphatic heterocycles. The first kappa shape index (κ1) is 33.0. The normalized spacial score (nSPS) is 34.5. The minimum atomic E-state index is -0.782. The van der Waals surface area contributed by atoms with Crippen molar-refractivity contribution in [3.63, 3.8) is 0 Å². The number of ether oxygens (including phenoxy) is 4. The van der Waals surface area contributed by atoms with Gasteiger partial charge in [0.1, 0.15) is 23.9 Å². The van der Waals surface area contributed by atoms with E-state index in [1.165, 1.54) is 13.0 Å². The van der Waals surface area contributed by atoms with Crippen LogP contribution in [0.2, 0.25) is 0 Å². The highest BCUT2D eigenvalue weighted by atomic mass is 16.6. The molecule has 230 valence electrons. The predicted molar refractivity (Wildman–Crippen MR) is 154 cm³/mol. The minimum Gasteiger partial charge on any atom is -0.459 e. The van der Waals surface area contributed by atoms with Gasteiger partial charge >= 0.3 is 5.97 Å². The average molecular weight is 577 g/mol. The highest BCUT2D eigenvalue weighted by Crippen LogP contribution is 2.43. The van der Waals surface area contributed by atoms with Crippen LogP contribution >= 0.6 is 0 Å². The summed E-state index contributed by atoms with van der Waals surface area (Å²) >= 11 is 0. The van der Waals surface area contributed by atoms with E-state index in [9.17, 15) is 19.5 Å². The lowest BCUT2D eigenvalue weighted by Crippen LogP contribution is -2.50. The van der Waals surface area contributed by atoms with Gasteiger partial charge in [-0.2, -0.15) is 0 Å². The zero-order chi connectivity index (χ0) is 30.2. The Morgan fingerprint density at radius 3 is 2.56 bits per heavy atom. The lowest BCUT2D eigenvalue weighted by atomic mass is 9.87. The van der Waals surface area contributed by atoms with Gasteiger partial charge in [-0.15, -0.1) is 0 Å². The van der Waals surface area contributed by atoms with Crippen LogP contribution in [-0.2, 0) is 33.3 Å². The molecule has 0 aromatic rings. The molecule has 0 aliphatic carbocycles. The highest BCUT2D eigenvalue weighted by molar-refractivity contribution is 5.87. The van der Waals surface area contributed by atoms with E-state index in [0.29, 0.717) is 26.0 Å². The van der Waals surface area contributed by atoms with Crippen LogP contribution in [0.3, 0.4) is 0 Å². The monoisotopic (exact) mass is 576 g/mol. The van der Waals surface area contributed by atoms with Gasteiger partial charge in [-0.3, -0.25) is 14.4 Å². The number of amides is 2. The number of esters is 1. The van der Waals surface area contributed by atoms with E-state index in [2.05, 4.69) is 23.6 Å². The number of epoxide rings is 1. The molecule has 3 saturated heterocycles. The zero-order valence-electron chi connectivity index (χ0n) is 25.3. The largest absolute Gasteiger partial charge is 0.459 e. The van der Waals surface area contributed by atoms with Crippen LogP contribution in [0.25, 0.3) is 0 Å². The Hall–Kier alpha value is -2.53. The number of hydrogen-bond acceptors (Lipinski definition) is 8. The lowest BCUT2D eigenvalue weighted by Gasteiger charge is -2.39. The summed E-state index contributed by atoms with van der Waals surface area (Å²) in [4.78, 5) is 35.6. The third-order valence-electron chi connectivity index (χ3n) is 7.91. The molecule has 10 heteroatoms. The highest BCUT2D eigenvalue weighted by Gasteiger charge is 2.58. The summed E-state index contributed by atoms with van der Waals surface area (Å²) < 4.78 is 23.0. The number of nitrogens with one attached hydrogen (secondary N) is 2. The number of allylic oxidation sites excluding steroid dienone is 2. The fraction of sp³-hybridized carbons (Fsp3) is 0.710. The topological polar surface area (TPSA) is 136 Å². The Morgan fingerprint density at radius 1 is 1.17 bits per heavy atom. The predicted octanol–water partition coefficient (Wildman–Crippen LogP) is 2.89. The first-order valence-electron chi connectivity index (χ1n) is 14.8. The van der Waals surface area contributed by atoms with E-state index in [0.717, 1.165) is 18.4 Å². The van der Waals surface area contributed by atoms with Crippen molar-refractivity contribution in [3.8, 4) is 0 Å². The number of carbonyl (C=O) groups is 3. The molecule has 41 heavy (non-hydrogen) atoms. The van der Waals surface area contributed by atoms with Gasteiger partial charge in [0, 0.05) is 26.0 Å². The fourth-order valence-corrected chi connectivity index (χ4v) is 5.43. The number of carbonyl (C=O) groups excluding carboxylic acids is 3. The molecular weight excluding hydrogens is 528 g/mol. The number of aliphatic hydroxyl groups excluding tert-OH is 1. The Balaban J connectivity index is 1.49. The SMILES string of the molecule is CCCNC(=O)C[C@@H]1C[C@@]2(CO2)[C@H](O)[C@@H](/C=C/C(C)=C/C[C@@H]2O[C@H](C)[C@H](NC(=O)C=CC(C)OC(C)=O)C[C@@H]2C)O1. The quantitative estimate of drug-likeness (QED) is 0.140. The van der Waals surface area contributed by atoms with Gasteiger partial charge in [0.15, 0.2) is 0 Å².